The largest absolute Gasteiger partial charge is 0.379 e. The van der Waals surface area contributed by atoms with Gasteiger partial charge in [-0.15, -0.1) is 0 Å². The molecule has 0 spiro atoms. The minimum atomic E-state index is -0.0805. The number of likely N-dealkylation sites (tertiary alicyclic amines) is 1. The zero-order valence-corrected chi connectivity index (χ0v) is 15.2. The van der Waals surface area contributed by atoms with Gasteiger partial charge in [0.15, 0.2) is 0 Å². The third-order valence-electron chi connectivity index (χ3n) is 5.23. The molecule has 2 atom stereocenters. The van der Waals surface area contributed by atoms with Crippen molar-refractivity contribution in [2.24, 2.45) is 0 Å². The number of carbonyl (C=O) groups is 1. The maximum Gasteiger partial charge on any atom is 0.251 e. The lowest BCUT2D eigenvalue weighted by Crippen LogP contribution is -2.50. The number of rotatable bonds is 5. The summed E-state index contributed by atoms with van der Waals surface area (Å²) in [7, 11) is 1.69. The molecule has 2 fully saturated rings. The van der Waals surface area contributed by atoms with Crippen LogP contribution in [0.1, 0.15) is 48.0 Å². The maximum atomic E-state index is 12.5. The first-order chi connectivity index (χ1) is 12.3. The number of nitrogens with zero attached hydrogens (tertiary/aromatic N) is 1. The molecule has 0 radical (unpaired) electrons. The van der Waals surface area contributed by atoms with Gasteiger partial charge in [-0.3, -0.25) is 9.69 Å². The predicted molar refractivity (Wildman–Crippen MR) is 97.7 cm³/mol. The fourth-order valence-electron chi connectivity index (χ4n) is 3.70. The lowest BCUT2D eigenvalue weighted by Gasteiger charge is -2.31. The molecule has 138 valence electrons. The molecule has 2 heterocycles. The smallest absolute Gasteiger partial charge is 0.251 e. The van der Waals surface area contributed by atoms with Crippen molar-refractivity contribution >= 4 is 5.91 Å². The van der Waals surface area contributed by atoms with Crippen molar-refractivity contribution in [2.45, 2.75) is 50.8 Å². The molecule has 2 saturated heterocycles. The van der Waals surface area contributed by atoms with Gasteiger partial charge in [0.1, 0.15) is 0 Å². The summed E-state index contributed by atoms with van der Waals surface area (Å²) >= 11 is 0. The molecule has 1 amide bonds. The van der Waals surface area contributed by atoms with E-state index in [2.05, 4.69) is 22.3 Å². The number of hydrogen-bond donors (Lipinski definition) is 1. The summed E-state index contributed by atoms with van der Waals surface area (Å²) in [5.41, 5.74) is 1.97. The van der Waals surface area contributed by atoms with Crippen molar-refractivity contribution in [1.29, 1.82) is 0 Å². The minimum Gasteiger partial charge on any atom is -0.379 e. The van der Waals surface area contributed by atoms with Crippen LogP contribution in [0.4, 0.5) is 0 Å². The first kappa shape index (κ1) is 18.4. The predicted octanol–water partition coefficient (Wildman–Crippen LogP) is 2.60. The van der Waals surface area contributed by atoms with Crippen LogP contribution >= 0.6 is 0 Å². The standard InChI is InChI=1S/C20H30N2O3/c1-24-19-10-13-25-15-18(19)21-20(23)17-8-6-16(7-9-17)14-22-11-4-2-3-5-12-22/h6-9,18-19H,2-5,10-15H2,1H3,(H,21,23)/t18-,19-/m1/s1. The summed E-state index contributed by atoms with van der Waals surface area (Å²) in [6, 6.07) is 7.92. The number of methoxy groups -OCH3 is 1. The van der Waals surface area contributed by atoms with E-state index in [1.54, 1.807) is 7.11 Å². The Hall–Kier alpha value is -1.43. The van der Waals surface area contributed by atoms with Crippen LogP contribution in [0.25, 0.3) is 0 Å². The molecule has 25 heavy (non-hydrogen) atoms. The molecule has 1 aromatic rings. The zero-order valence-electron chi connectivity index (χ0n) is 15.2. The maximum absolute atomic E-state index is 12.5. The molecular formula is C20H30N2O3. The Labute approximate surface area is 150 Å². The number of ether oxygens (including phenoxy) is 2. The van der Waals surface area contributed by atoms with Crippen molar-refractivity contribution in [3.05, 3.63) is 35.4 Å². The first-order valence-electron chi connectivity index (χ1n) is 9.49. The fraction of sp³-hybridized carbons (Fsp3) is 0.650. The summed E-state index contributed by atoms with van der Waals surface area (Å²) < 4.78 is 10.9. The van der Waals surface area contributed by atoms with Crippen molar-refractivity contribution in [1.82, 2.24) is 10.2 Å². The fourth-order valence-corrected chi connectivity index (χ4v) is 3.70. The second-order valence-corrected chi connectivity index (χ2v) is 7.10. The second kappa shape index (κ2) is 9.32. The number of carbonyl (C=O) groups excluding carboxylic acids is 1. The highest BCUT2D eigenvalue weighted by Crippen LogP contribution is 2.15. The summed E-state index contributed by atoms with van der Waals surface area (Å²) in [4.78, 5) is 15.0. The monoisotopic (exact) mass is 346 g/mol. The molecule has 0 bridgehead atoms. The molecule has 0 aliphatic carbocycles. The average Bonchev–Trinajstić information content (AvgIpc) is 2.91. The number of hydrogen-bond acceptors (Lipinski definition) is 4. The molecule has 0 unspecified atom stereocenters. The highest BCUT2D eigenvalue weighted by Gasteiger charge is 2.27. The molecule has 3 rings (SSSR count). The summed E-state index contributed by atoms with van der Waals surface area (Å²) in [5, 5.41) is 3.05. The van der Waals surface area contributed by atoms with Crippen LogP contribution in [0, 0.1) is 0 Å². The van der Waals surface area contributed by atoms with Crippen LogP contribution in [-0.2, 0) is 16.0 Å². The summed E-state index contributed by atoms with van der Waals surface area (Å²) in [5.74, 6) is -0.0566. The molecule has 2 aliphatic rings. The van der Waals surface area contributed by atoms with Gasteiger partial charge in [-0.25, -0.2) is 0 Å². The molecule has 5 heteroatoms. The van der Waals surface area contributed by atoms with E-state index < -0.39 is 0 Å². The van der Waals surface area contributed by atoms with Gasteiger partial charge in [-0.1, -0.05) is 25.0 Å². The molecule has 0 aromatic heterocycles. The molecular weight excluding hydrogens is 316 g/mol. The normalized spacial score (nSPS) is 25.3. The van der Waals surface area contributed by atoms with Gasteiger partial charge in [0, 0.05) is 25.8 Å². The third kappa shape index (κ3) is 5.27. The van der Waals surface area contributed by atoms with E-state index in [1.807, 2.05) is 12.1 Å². The van der Waals surface area contributed by atoms with E-state index in [4.69, 9.17) is 9.47 Å². The average molecular weight is 346 g/mol. The quantitative estimate of drug-likeness (QED) is 0.890. The molecule has 2 aliphatic heterocycles. The van der Waals surface area contributed by atoms with E-state index in [0.29, 0.717) is 18.8 Å². The Kier molecular flexibility index (Phi) is 6.84. The van der Waals surface area contributed by atoms with Crippen LogP contribution in [0.15, 0.2) is 24.3 Å². The van der Waals surface area contributed by atoms with Crippen LogP contribution in [0.2, 0.25) is 0 Å². The van der Waals surface area contributed by atoms with E-state index in [9.17, 15) is 4.79 Å². The van der Waals surface area contributed by atoms with Gasteiger partial charge in [-0.2, -0.15) is 0 Å². The van der Waals surface area contributed by atoms with Gasteiger partial charge in [0.25, 0.3) is 5.91 Å². The zero-order chi connectivity index (χ0) is 17.5. The first-order valence-corrected chi connectivity index (χ1v) is 9.49. The van der Waals surface area contributed by atoms with Gasteiger partial charge in [0.05, 0.1) is 18.8 Å². The third-order valence-corrected chi connectivity index (χ3v) is 5.23. The molecule has 0 saturated carbocycles. The van der Waals surface area contributed by atoms with Crippen LogP contribution in [0.5, 0.6) is 0 Å². The molecule has 5 nitrogen and oxygen atoms in total. The SMILES string of the molecule is CO[C@@H]1CCOC[C@H]1NC(=O)c1ccc(CN2CCCCCC2)cc1. The van der Waals surface area contributed by atoms with Crippen molar-refractivity contribution in [2.75, 3.05) is 33.4 Å². The van der Waals surface area contributed by atoms with Gasteiger partial charge in [-0.05, 0) is 50.0 Å². The lowest BCUT2D eigenvalue weighted by molar-refractivity contribution is -0.0349. The second-order valence-electron chi connectivity index (χ2n) is 7.10. The van der Waals surface area contributed by atoms with Crippen LogP contribution in [-0.4, -0.2) is 56.4 Å². The molecule has 1 aromatic carbocycles. The van der Waals surface area contributed by atoms with Crippen molar-refractivity contribution in [3.8, 4) is 0 Å². The van der Waals surface area contributed by atoms with Crippen LogP contribution < -0.4 is 5.32 Å². The van der Waals surface area contributed by atoms with E-state index in [-0.39, 0.29) is 18.1 Å². The Balaban J connectivity index is 1.54. The minimum absolute atomic E-state index is 0.0278. The highest BCUT2D eigenvalue weighted by atomic mass is 16.5. The van der Waals surface area contributed by atoms with E-state index >= 15 is 0 Å². The summed E-state index contributed by atoms with van der Waals surface area (Å²) in [6.07, 6.45) is 6.14. The lowest BCUT2D eigenvalue weighted by atomic mass is 10.1. The van der Waals surface area contributed by atoms with E-state index in [0.717, 1.165) is 13.0 Å². The van der Waals surface area contributed by atoms with Crippen molar-refractivity contribution in [3.63, 3.8) is 0 Å². The molecule has 1 N–H and O–H groups in total. The topological polar surface area (TPSA) is 50.8 Å². The summed E-state index contributed by atoms with van der Waals surface area (Å²) in [6.45, 7) is 4.54. The number of nitrogens with one attached hydrogen (secondary N) is 1. The number of amides is 1. The van der Waals surface area contributed by atoms with Gasteiger partial charge in [0.2, 0.25) is 0 Å². The van der Waals surface area contributed by atoms with Crippen molar-refractivity contribution < 1.29 is 14.3 Å². The Bertz CT molecular complexity index is 538. The van der Waals surface area contributed by atoms with Crippen LogP contribution in [0.3, 0.4) is 0 Å². The van der Waals surface area contributed by atoms with Gasteiger partial charge < -0.3 is 14.8 Å². The van der Waals surface area contributed by atoms with E-state index in [1.165, 1.54) is 44.3 Å². The van der Waals surface area contributed by atoms with Gasteiger partial charge >= 0.3 is 0 Å². The Morgan fingerprint density at radius 3 is 2.60 bits per heavy atom. The highest BCUT2D eigenvalue weighted by molar-refractivity contribution is 5.94. The Morgan fingerprint density at radius 1 is 1.20 bits per heavy atom. The number of benzene rings is 1. The Morgan fingerprint density at radius 2 is 1.92 bits per heavy atom.